The number of hydrogen-bond donors (Lipinski definition) is 0. The van der Waals surface area contributed by atoms with Gasteiger partial charge < -0.3 is 0 Å². The lowest BCUT2D eigenvalue weighted by atomic mass is 11.2. The molecular formula is C2H2F4N2. The molecule has 48 valence electrons. The molecule has 0 aliphatic carbocycles. The molecular weight excluding hydrogens is 128 g/mol. The van der Waals surface area contributed by atoms with Crippen LogP contribution in [0.3, 0.4) is 0 Å². The van der Waals surface area contributed by atoms with Crippen LogP contribution in [-0.4, -0.2) is 13.1 Å². The van der Waals surface area contributed by atoms with Crippen LogP contribution in [0, 0.1) is 0 Å². The predicted molar refractivity (Wildman–Crippen MR) is 16.9 cm³/mol. The second-order valence-corrected chi connectivity index (χ2v) is 0.829. The number of hydrogen-bond acceptors (Lipinski definition) is 2. The fraction of sp³-hybridized carbons (Fsp3) is 1.00. The Bertz CT molecular complexity index is 84.5. The maximum Gasteiger partial charge on any atom is 0.520 e. The molecule has 0 rings (SSSR count). The Balaban J connectivity index is 3.52. The Labute approximate surface area is 42.2 Å². The molecule has 0 bridgehead atoms. The fourth-order valence-electron chi connectivity index (χ4n) is 0.107. The normalized spacial score (nSPS) is 13.0. The van der Waals surface area contributed by atoms with Crippen LogP contribution in [-0.2, 0) is 0 Å². The van der Waals surface area contributed by atoms with E-state index in [0.717, 1.165) is 0 Å². The SMILES string of the molecule is FCN=NC(F)(F)F. The molecule has 0 atom stereocenters. The zero-order valence-corrected chi connectivity index (χ0v) is 3.61. The molecule has 0 amide bonds. The zero-order valence-electron chi connectivity index (χ0n) is 3.61. The van der Waals surface area contributed by atoms with Crippen LogP contribution in [0.1, 0.15) is 0 Å². The van der Waals surface area contributed by atoms with Gasteiger partial charge in [-0.1, -0.05) is 5.11 Å². The number of nitrogens with zero attached hydrogens (tertiary/aromatic N) is 2. The van der Waals surface area contributed by atoms with Gasteiger partial charge in [-0.15, -0.1) is 13.2 Å². The van der Waals surface area contributed by atoms with E-state index < -0.39 is 13.1 Å². The van der Waals surface area contributed by atoms with E-state index in [9.17, 15) is 17.6 Å². The second kappa shape index (κ2) is 2.58. The van der Waals surface area contributed by atoms with Crippen LogP contribution in [0.5, 0.6) is 0 Å². The summed E-state index contributed by atoms with van der Waals surface area (Å²) in [5.41, 5.74) is 0. The van der Waals surface area contributed by atoms with Crippen LogP contribution in [0.4, 0.5) is 17.6 Å². The molecule has 0 unspecified atom stereocenters. The van der Waals surface area contributed by atoms with Crippen molar-refractivity contribution in [2.45, 2.75) is 6.30 Å². The Morgan fingerprint density at radius 1 is 1.25 bits per heavy atom. The van der Waals surface area contributed by atoms with E-state index >= 15 is 0 Å². The van der Waals surface area contributed by atoms with Crippen LogP contribution in [0.25, 0.3) is 0 Å². The molecule has 0 aliphatic rings. The molecule has 0 spiro atoms. The first-order valence-corrected chi connectivity index (χ1v) is 1.57. The highest BCUT2D eigenvalue weighted by Gasteiger charge is 2.26. The number of rotatable bonds is 1. The van der Waals surface area contributed by atoms with E-state index in [2.05, 4.69) is 5.11 Å². The molecule has 0 radical (unpaired) electrons. The summed E-state index contributed by atoms with van der Waals surface area (Å²) in [7, 11) is 0. The third-order valence-electron chi connectivity index (χ3n) is 0.238. The van der Waals surface area contributed by atoms with Crippen molar-refractivity contribution in [1.29, 1.82) is 0 Å². The standard InChI is InChI=1S/C2H2F4N2/c3-1-7-8-2(4,5)6/h1H2. The third-order valence-corrected chi connectivity index (χ3v) is 0.238. The van der Waals surface area contributed by atoms with Crippen LogP contribution in [0.2, 0.25) is 0 Å². The molecule has 2 nitrogen and oxygen atoms in total. The largest absolute Gasteiger partial charge is 0.520 e. The topological polar surface area (TPSA) is 24.7 Å². The van der Waals surface area contributed by atoms with E-state index in [1.807, 2.05) is 0 Å². The Kier molecular flexibility index (Phi) is 2.36. The van der Waals surface area contributed by atoms with E-state index in [4.69, 9.17) is 0 Å². The first-order valence-electron chi connectivity index (χ1n) is 1.57. The van der Waals surface area contributed by atoms with E-state index in [-0.39, 0.29) is 0 Å². The molecule has 8 heavy (non-hydrogen) atoms. The van der Waals surface area contributed by atoms with Gasteiger partial charge >= 0.3 is 6.30 Å². The van der Waals surface area contributed by atoms with Crippen molar-refractivity contribution in [1.82, 2.24) is 0 Å². The van der Waals surface area contributed by atoms with Gasteiger partial charge in [0.15, 0.2) is 6.80 Å². The summed E-state index contributed by atoms with van der Waals surface area (Å²) in [5.74, 6) is 0. The third kappa shape index (κ3) is 5.32. The first kappa shape index (κ1) is 7.32. The monoisotopic (exact) mass is 130 g/mol. The smallest absolute Gasteiger partial charge is 0.223 e. The molecule has 0 saturated carbocycles. The number of alkyl halides is 4. The van der Waals surface area contributed by atoms with Crippen molar-refractivity contribution in [3.8, 4) is 0 Å². The Morgan fingerprint density at radius 3 is 1.88 bits per heavy atom. The van der Waals surface area contributed by atoms with Crippen molar-refractivity contribution in [2.75, 3.05) is 6.80 Å². The lowest BCUT2D eigenvalue weighted by molar-refractivity contribution is -0.126. The van der Waals surface area contributed by atoms with Gasteiger partial charge in [-0.25, -0.2) is 4.39 Å². The summed E-state index contributed by atoms with van der Waals surface area (Å²) in [4.78, 5) is 0. The molecule has 0 aromatic rings. The summed E-state index contributed by atoms with van der Waals surface area (Å²) in [5, 5.41) is 3.70. The van der Waals surface area contributed by atoms with Gasteiger partial charge in [0.25, 0.3) is 0 Å². The average Bonchev–Trinajstić information content (AvgIpc) is 1.59. The van der Waals surface area contributed by atoms with Crippen LogP contribution < -0.4 is 0 Å². The second-order valence-electron chi connectivity index (χ2n) is 0.829. The zero-order chi connectivity index (χ0) is 6.62. The van der Waals surface area contributed by atoms with E-state index in [0.29, 0.717) is 0 Å². The van der Waals surface area contributed by atoms with E-state index in [1.54, 1.807) is 5.11 Å². The summed E-state index contributed by atoms with van der Waals surface area (Å²) in [6.45, 7) is -1.43. The first-order chi connectivity index (χ1) is 3.56. The summed E-state index contributed by atoms with van der Waals surface area (Å²) in [6.07, 6.45) is -4.73. The van der Waals surface area contributed by atoms with Gasteiger partial charge in [0.1, 0.15) is 0 Å². The van der Waals surface area contributed by atoms with Gasteiger partial charge in [-0.2, -0.15) is 5.11 Å². The predicted octanol–water partition coefficient (Wildman–Crippen LogP) is 1.89. The maximum atomic E-state index is 10.8. The van der Waals surface area contributed by atoms with Gasteiger partial charge in [-0.3, -0.25) is 0 Å². The number of azo groups is 1. The highest BCUT2D eigenvalue weighted by molar-refractivity contribution is 4.34. The van der Waals surface area contributed by atoms with Crippen LogP contribution in [0.15, 0.2) is 10.2 Å². The Hall–Kier alpha value is -0.680. The molecule has 6 heteroatoms. The summed E-state index contributed by atoms with van der Waals surface area (Å²) < 4.78 is 43.2. The van der Waals surface area contributed by atoms with Crippen LogP contribution >= 0.6 is 0 Å². The minimum atomic E-state index is -4.73. The van der Waals surface area contributed by atoms with Crippen molar-refractivity contribution in [3.05, 3.63) is 0 Å². The summed E-state index contributed by atoms with van der Waals surface area (Å²) >= 11 is 0. The quantitative estimate of drug-likeness (QED) is 0.294. The lowest BCUT2D eigenvalue weighted by Gasteiger charge is -1.91. The van der Waals surface area contributed by atoms with Gasteiger partial charge in [0.2, 0.25) is 0 Å². The number of halogens is 4. The maximum absolute atomic E-state index is 10.8. The summed E-state index contributed by atoms with van der Waals surface area (Å²) in [6, 6.07) is 0. The minimum absolute atomic E-state index is 1.43. The molecule has 0 aliphatic heterocycles. The van der Waals surface area contributed by atoms with E-state index in [1.165, 1.54) is 0 Å². The molecule has 0 aromatic heterocycles. The fourth-order valence-corrected chi connectivity index (χ4v) is 0.107. The van der Waals surface area contributed by atoms with Crippen molar-refractivity contribution in [3.63, 3.8) is 0 Å². The van der Waals surface area contributed by atoms with Crippen molar-refractivity contribution >= 4 is 0 Å². The molecule has 0 saturated heterocycles. The molecule has 0 aromatic carbocycles. The van der Waals surface area contributed by atoms with Crippen molar-refractivity contribution < 1.29 is 17.6 Å². The minimum Gasteiger partial charge on any atom is -0.223 e. The lowest BCUT2D eigenvalue weighted by Crippen LogP contribution is -1.99. The van der Waals surface area contributed by atoms with Gasteiger partial charge in [-0.05, 0) is 0 Å². The molecule has 0 heterocycles. The van der Waals surface area contributed by atoms with Crippen molar-refractivity contribution in [2.24, 2.45) is 10.2 Å². The highest BCUT2D eigenvalue weighted by atomic mass is 19.4. The molecule has 0 fully saturated rings. The average molecular weight is 130 g/mol. The van der Waals surface area contributed by atoms with Gasteiger partial charge in [0, 0.05) is 0 Å². The molecule has 0 N–H and O–H groups in total. The highest BCUT2D eigenvalue weighted by Crippen LogP contribution is 2.15. The van der Waals surface area contributed by atoms with Gasteiger partial charge in [0.05, 0.1) is 0 Å². The Morgan fingerprint density at radius 2 is 1.75 bits per heavy atom.